The number of halogens is 2. The van der Waals surface area contributed by atoms with Gasteiger partial charge in [0.05, 0.1) is 17.8 Å². The fourth-order valence-corrected chi connectivity index (χ4v) is 1.72. The number of para-hydroxylation sites is 1. The first-order chi connectivity index (χ1) is 7.68. The van der Waals surface area contributed by atoms with Gasteiger partial charge in [0.1, 0.15) is 0 Å². The molecule has 2 rings (SSSR count). The predicted molar refractivity (Wildman–Crippen MR) is 58.4 cm³/mol. The van der Waals surface area contributed by atoms with Gasteiger partial charge in [0.15, 0.2) is 0 Å². The van der Waals surface area contributed by atoms with Crippen molar-refractivity contribution in [1.29, 1.82) is 0 Å². The molecule has 0 saturated heterocycles. The van der Waals surface area contributed by atoms with E-state index in [1.165, 1.54) is 0 Å². The van der Waals surface area contributed by atoms with Crippen LogP contribution in [0.4, 0.5) is 8.78 Å². The van der Waals surface area contributed by atoms with Crippen LogP contribution in [0.1, 0.15) is 5.69 Å². The fourth-order valence-electron chi connectivity index (χ4n) is 1.72. The van der Waals surface area contributed by atoms with Gasteiger partial charge < -0.3 is 5.32 Å². The lowest BCUT2D eigenvalue weighted by molar-refractivity contribution is 0.145. The number of fused-ring (bicyclic) bond motifs is 1. The second-order valence-electron chi connectivity index (χ2n) is 3.61. The Bertz CT molecular complexity index is 479. The van der Waals surface area contributed by atoms with Crippen molar-refractivity contribution in [2.75, 3.05) is 6.54 Å². The number of nitrogens with one attached hydrogen (secondary N) is 1. The molecular formula is C11H13F2N3. The van der Waals surface area contributed by atoms with Crippen LogP contribution in [-0.4, -0.2) is 22.8 Å². The van der Waals surface area contributed by atoms with E-state index in [0.717, 1.165) is 16.6 Å². The summed E-state index contributed by atoms with van der Waals surface area (Å²) in [6, 6.07) is 7.75. The summed E-state index contributed by atoms with van der Waals surface area (Å²) in [5, 5.41) is 7.98. The first-order valence-corrected chi connectivity index (χ1v) is 5.08. The van der Waals surface area contributed by atoms with E-state index in [4.69, 9.17) is 0 Å². The van der Waals surface area contributed by atoms with Gasteiger partial charge >= 0.3 is 0 Å². The molecule has 0 atom stereocenters. The predicted octanol–water partition coefficient (Wildman–Crippen LogP) is 1.93. The van der Waals surface area contributed by atoms with Crippen molar-refractivity contribution in [2.24, 2.45) is 7.05 Å². The highest BCUT2D eigenvalue weighted by molar-refractivity contribution is 5.81. The van der Waals surface area contributed by atoms with Crippen molar-refractivity contribution >= 4 is 10.9 Å². The molecule has 0 aliphatic heterocycles. The average molecular weight is 225 g/mol. The molecule has 16 heavy (non-hydrogen) atoms. The number of rotatable bonds is 4. The lowest BCUT2D eigenvalue weighted by Gasteiger charge is -2.01. The Balaban J connectivity index is 2.18. The molecule has 0 unspecified atom stereocenters. The minimum Gasteiger partial charge on any atom is -0.306 e. The largest absolute Gasteiger partial charge is 0.306 e. The lowest BCUT2D eigenvalue weighted by atomic mass is 10.2. The van der Waals surface area contributed by atoms with Crippen molar-refractivity contribution < 1.29 is 8.78 Å². The van der Waals surface area contributed by atoms with Crippen molar-refractivity contribution in [3.63, 3.8) is 0 Å². The number of benzene rings is 1. The van der Waals surface area contributed by atoms with E-state index in [0.29, 0.717) is 6.54 Å². The van der Waals surface area contributed by atoms with Crippen molar-refractivity contribution in [3.8, 4) is 0 Å². The first-order valence-electron chi connectivity index (χ1n) is 5.08. The maximum absolute atomic E-state index is 12.0. The van der Waals surface area contributed by atoms with Crippen LogP contribution in [0.15, 0.2) is 24.3 Å². The zero-order chi connectivity index (χ0) is 11.5. The number of hydrogen-bond donors (Lipinski definition) is 1. The van der Waals surface area contributed by atoms with E-state index in [2.05, 4.69) is 10.4 Å². The van der Waals surface area contributed by atoms with Gasteiger partial charge in [-0.3, -0.25) is 4.68 Å². The van der Waals surface area contributed by atoms with Gasteiger partial charge in [0.2, 0.25) is 0 Å². The summed E-state index contributed by atoms with van der Waals surface area (Å²) in [5.74, 6) is 0. The summed E-state index contributed by atoms with van der Waals surface area (Å²) in [4.78, 5) is 0. The topological polar surface area (TPSA) is 29.9 Å². The number of hydrogen-bond acceptors (Lipinski definition) is 2. The van der Waals surface area contributed by atoms with Crippen LogP contribution in [0.5, 0.6) is 0 Å². The van der Waals surface area contributed by atoms with E-state index in [9.17, 15) is 8.78 Å². The summed E-state index contributed by atoms with van der Waals surface area (Å²) in [6.45, 7) is 0.0661. The maximum Gasteiger partial charge on any atom is 0.250 e. The van der Waals surface area contributed by atoms with Crippen LogP contribution in [-0.2, 0) is 13.6 Å². The Morgan fingerprint density at radius 3 is 2.88 bits per heavy atom. The smallest absolute Gasteiger partial charge is 0.250 e. The summed E-state index contributed by atoms with van der Waals surface area (Å²) >= 11 is 0. The lowest BCUT2D eigenvalue weighted by Crippen LogP contribution is -2.21. The molecule has 3 nitrogen and oxygen atoms in total. The average Bonchev–Trinajstić information content (AvgIpc) is 2.57. The van der Waals surface area contributed by atoms with Crippen LogP contribution >= 0.6 is 0 Å². The quantitative estimate of drug-likeness (QED) is 0.861. The molecule has 5 heteroatoms. The molecule has 1 N–H and O–H groups in total. The number of alkyl halides is 2. The number of aryl methyl sites for hydroxylation is 1. The molecule has 1 aromatic carbocycles. The van der Waals surface area contributed by atoms with Crippen LogP contribution in [0.3, 0.4) is 0 Å². The maximum atomic E-state index is 12.0. The van der Waals surface area contributed by atoms with Gasteiger partial charge in [-0.1, -0.05) is 18.2 Å². The minimum atomic E-state index is -2.32. The molecule has 0 fully saturated rings. The third kappa shape index (κ3) is 2.19. The molecule has 0 spiro atoms. The number of aromatic nitrogens is 2. The highest BCUT2D eigenvalue weighted by Gasteiger charge is 2.08. The Hall–Kier alpha value is -1.49. The van der Waals surface area contributed by atoms with E-state index >= 15 is 0 Å². The van der Waals surface area contributed by atoms with Gasteiger partial charge in [-0.15, -0.1) is 0 Å². The van der Waals surface area contributed by atoms with Gasteiger partial charge in [0.25, 0.3) is 6.43 Å². The highest BCUT2D eigenvalue weighted by atomic mass is 19.3. The molecule has 0 saturated carbocycles. The van der Waals surface area contributed by atoms with Crippen LogP contribution in [0.25, 0.3) is 10.9 Å². The summed E-state index contributed by atoms with van der Waals surface area (Å²) in [5.41, 5.74) is 1.81. The standard InChI is InChI=1S/C11H13F2N3/c1-16-10-5-3-2-4-8(10)9(15-16)6-14-7-11(12)13/h2-5,11,14H,6-7H2,1H3. The Kier molecular flexibility index (Phi) is 3.14. The molecule has 86 valence electrons. The first kappa shape index (κ1) is 11.0. The number of nitrogens with zero attached hydrogens (tertiary/aromatic N) is 2. The molecule has 0 aliphatic rings. The van der Waals surface area contributed by atoms with E-state index in [-0.39, 0.29) is 6.54 Å². The van der Waals surface area contributed by atoms with Gasteiger partial charge in [-0.2, -0.15) is 5.10 Å². The van der Waals surface area contributed by atoms with Crippen molar-refractivity contribution in [3.05, 3.63) is 30.0 Å². The fraction of sp³-hybridized carbons (Fsp3) is 0.364. The molecule has 0 aliphatic carbocycles. The second kappa shape index (κ2) is 4.57. The molecular weight excluding hydrogens is 212 g/mol. The van der Waals surface area contributed by atoms with Crippen LogP contribution in [0, 0.1) is 0 Å². The molecule has 0 bridgehead atoms. The van der Waals surface area contributed by atoms with E-state index in [1.807, 2.05) is 31.3 Å². The zero-order valence-electron chi connectivity index (χ0n) is 8.95. The third-order valence-corrected chi connectivity index (χ3v) is 2.43. The van der Waals surface area contributed by atoms with Crippen molar-refractivity contribution in [2.45, 2.75) is 13.0 Å². The SMILES string of the molecule is Cn1nc(CNCC(F)F)c2ccccc21. The monoisotopic (exact) mass is 225 g/mol. The highest BCUT2D eigenvalue weighted by Crippen LogP contribution is 2.16. The summed E-state index contributed by atoms with van der Waals surface area (Å²) < 4.78 is 25.7. The normalized spacial score (nSPS) is 11.5. The molecule has 1 heterocycles. The molecule has 2 aromatic rings. The minimum absolute atomic E-state index is 0.301. The van der Waals surface area contributed by atoms with Gasteiger partial charge in [-0.25, -0.2) is 8.78 Å². The van der Waals surface area contributed by atoms with Gasteiger partial charge in [-0.05, 0) is 6.07 Å². The summed E-state index contributed by atoms with van der Waals surface area (Å²) in [6.07, 6.45) is -2.32. The molecule has 0 radical (unpaired) electrons. The Morgan fingerprint density at radius 2 is 2.12 bits per heavy atom. The Labute approximate surface area is 92.1 Å². The van der Waals surface area contributed by atoms with E-state index < -0.39 is 6.43 Å². The Morgan fingerprint density at radius 1 is 1.38 bits per heavy atom. The third-order valence-electron chi connectivity index (χ3n) is 2.43. The van der Waals surface area contributed by atoms with Crippen molar-refractivity contribution in [1.82, 2.24) is 15.1 Å². The summed E-state index contributed by atoms with van der Waals surface area (Å²) in [7, 11) is 1.85. The van der Waals surface area contributed by atoms with Crippen LogP contribution in [0.2, 0.25) is 0 Å². The van der Waals surface area contributed by atoms with E-state index in [1.54, 1.807) is 4.68 Å². The molecule has 0 amide bonds. The molecule has 1 aromatic heterocycles. The van der Waals surface area contributed by atoms with Gasteiger partial charge in [0, 0.05) is 19.0 Å². The zero-order valence-corrected chi connectivity index (χ0v) is 8.95. The second-order valence-corrected chi connectivity index (χ2v) is 3.61. The van der Waals surface area contributed by atoms with Crippen LogP contribution < -0.4 is 5.32 Å².